The number of phenolic OH excluding ortho intramolecular Hbond substituents is 6. The summed E-state index contributed by atoms with van der Waals surface area (Å²) in [5.74, 6) is -1.15. The predicted molar refractivity (Wildman–Crippen MR) is 182 cm³/mol. The minimum Gasteiger partial charge on any atom is -0.508 e. The Labute approximate surface area is 292 Å². The zero-order valence-electron chi connectivity index (χ0n) is 25.7. The summed E-state index contributed by atoms with van der Waals surface area (Å²) < 4.78 is 34.3. The highest BCUT2D eigenvalue weighted by Crippen LogP contribution is 2.36. The van der Waals surface area contributed by atoms with Gasteiger partial charge in [-0.3, -0.25) is 22.5 Å². The summed E-state index contributed by atoms with van der Waals surface area (Å²) in [6, 6.07) is 19.6. The minimum atomic E-state index is -3.67. The average molecular weight is 806 g/mol. The third-order valence-electron chi connectivity index (χ3n) is 5.36. The van der Waals surface area contributed by atoms with E-state index in [1.54, 1.807) is 30.3 Å². The van der Waals surface area contributed by atoms with E-state index < -0.39 is 13.5 Å². The highest BCUT2D eigenvalue weighted by atomic mass is 79.9. The van der Waals surface area contributed by atoms with Crippen LogP contribution in [0.3, 0.4) is 0 Å². The zero-order valence-corrected chi connectivity index (χ0v) is 28.8. The second kappa shape index (κ2) is 23.8. The Bertz CT molecular complexity index is 1520. The lowest BCUT2D eigenvalue weighted by molar-refractivity contribution is -0.136. The maximum Gasteiger partial charge on any atom is 0.762 e. The molecule has 16 heteroatoms. The van der Waals surface area contributed by atoms with Gasteiger partial charge in [0, 0.05) is 19.6 Å². The molecule has 0 atom stereocenters. The molecule has 0 aromatic heterocycles. The largest absolute Gasteiger partial charge is 0.762 e. The number of ketones is 1. The van der Waals surface area contributed by atoms with Crippen LogP contribution in [0.25, 0.3) is 0 Å². The third-order valence-corrected chi connectivity index (χ3v) is 6.95. The molecule has 4 aromatic rings. The van der Waals surface area contributed by atoms with E-state index >= 15 is 0 Å². The Kier molecular flexibility index (Phi) is 21.7. The van der Waals surface area contributed by atoms with Crippen molar-refractivity contribution in [1.29, 1.82) is 0 Å². The van der Waals surface area contributed by atoms with Gasteiger partial charge in [-0.25, -0.2) is 0 Å². The molecule has 0 heterocycles. The van der Waals surface area contributed by atoms with E-state index in [0.29, 0.717) is 10.0 Å². The van der Waals surface area contributed by atoms with Crippen LogP contribution in [-0.4, -0.2) is 68.3 Å². The zero-order chi connectivity index (χ0) is 36.8. The van der Waals surface area contributed by atoms with Crippen LogP contribution in [0.2, 0.25) is 0 Å². The number of phenols is 6. The van der Waals surface area contributed by atoms with Gasteiger partial charge in [-0.05, 0) is 105 Å². The topological polar surface area (TPSA) is 185 Å². The molecule has 0 amide bonds. The van der Waals surface area contributed by atoms with E-state index in [0.717, 1.165) is 18.8 Å². The fourth-order valence-corrected chi connectivity index (χ4v) is 3.78. The molecule has 7 N–H and O–H groups in total. The Morgan fingerprint density at radius 3 is 1.40 bits per heavy atom. The molecule has 0 aliphatic carbocycles. The SMILES string of the molecule is CCOCC.FB(F)F.O=C(Cc1ccc(O)cc1)c1ccc(O)c(Br)c1O.O=C(O)Cc1ccc(O)cc1.Oc1cccc(O)c1Br. The molecule has 4 rings (SSSR count). The van der Waals surface area contributed by atoms with Crippen LogP contribution in [0.15, 0.2) is 87.8 Å². The van der Waals surface area contributed by atoms with E-state index in [2.05, 4.69) is 31.9 Å². The van der Waals surface area contributed by atoms with Crippen LogP contribution in [0.1, 0.15) is 35.3 Å². The average Bonchev–Trinajstić information content (AvgIpc) is 3.02. The summed E-state index contributed by atoms with van der Waals surface area (Å²) in [5.41, 5.74) is 1.56. The number of ether oxygens (including phenoxy) is 1. The molecule has 0 spiro atoms. The molecule has 48 heavy (non-hydrogen) atoms. The van der Waals surface area contributed by atoms with Crippen LogP contribution in [0, 0.1) is 0 Å². The summed E-state index contributed by atoms with van der Waals surface area (Å²) in [4.78, 5) is 22.2. The van der Waals surface area contributed by atoms with E-state index in [4.69, 9.17) is 30.3 Å². The van der Waals surface area contributed by atoms with Crippen molar-refractivity contribution in [3.63, 3.8) is 0 Å². The number of hydrogen-bond donors (Lipinski definition) is 7. The lowest BCUT2D eigenvalue weighted by Gasteiger charge is -2.07. The monoisotopic (exact) mass is 804 g/mol. The third kappa shape index (κ3) is 18.7. The Morgan fingerprint density at radius 2 is 1.04 bits per heavy atom. The lowest BCUT2D eigenvalue weighted by atomic mass is 10.0. The molecule has 0 saturated heterocycles. The van der Waals surface area contributed by atoms with Crippen molar-refractivity contribution in [3.05, 3.63) is 104 Å². The van der Waals surface area contributed by atoms with Gasteiger partial charge < -0.3 is 40.5 Å². The van der Waals surface area contributed by atoms with Crippen molar-refractivity contribution in [2.24, 2.45) is 0 Å². The Morgan fingerprint density at radius 1 is 0.646 bits per heavy atom. The maximum atomic E-state index is 12.1. The van der Waals surface area contributed by atoms with Crippen LogP contribution < -0.4 is 0 Å². The first-order chi connectivity index (χ1) is 22.5. The molecule has 10 nitrogen and oxygen atoms in total. The van der Waals surface area contributed by atoms with Crippen molar-refractivity contribution in [2.75, 3.05) is 13.2 Å². The van der Waals surface area contributed by atoms with Crippen LogP contribution >= 0.6 is 31.9 Å². The molecule has 0 saturated carbocycles. The molecule has 0 unspecified atom stereocenters. The molecule has 0 bridgehead atoms. The van der Waals surface area contributed by atoms with E-state index in [9.17, 15) is 32.7 Å². The van der Waals surface area contributed by atoms with Gasteiger partial charge in [0.25, 0.3) is 0 Å². The van der Waals surface area contributed by atoms with Gasteiger partial charge in [-0.15, -0.1) is 0 Å². The van der Waals surface area contributed by atoms with Gasteiger partial charge in [-0.1, -0.05) is 30.3 Å². The van der Waals surface area contributed by atoms with Gasteiger partial charge in [0.15, 0.2) is 5.78 Å². The summed E-state index contributed by atoms with van der Waals surface area (Å²) in [7, 11) is -3.67. The molecule has 0 aliphatic heterocycles. The number of carboxylic acid groups (broad SMARTS) is 1. The highest BCUT2D eigenvalue weighted by molar-refractivity contribution is 9.11. The van der Waals surface area contributed by atoms with Crippen LogP contribution in [0.4, 0.5) is 12.9 Å². The van der Waals surface area contributed by atoms with E-state index in [-0.39, 0.29) is 63.2 Å². The Balaban J connectivity index is 0.000000648. The van der Waals surface area contributed by atoms with E-state index in [1.807, 2.05) is 13.8 Å². The van der Waals surface area contributed by atoms with Gasteiger partial charge in [0.1, 0.15) is 43.4 Å². The number of aromatic hydroxyl groups is 6. The quantitative estimate of drug-likeness (QED) is 0.0719. The van der Waals surface area contributed by atoms with Crippen molar-refractivity contribution < 1.29 is 63.0 Å². The number of aliphatic carboxylic acids is 1. The predicted octanol–water partition coefficient (Wildman–Crippen LogP) is 7.79. The smallest absolute Gasteiger partial charge is 0.508 e. The molecule has 0 fully saturated rings. The standard InChI is InChI=1S/C14H11BrO4.C8H8O3.C6H5BrO2.C4H10O.BF3/c15-13-11(17)6-5-10(14(13)19)12(18)7-8-1-3-9(16)4-2-8;9-7-3-1-6(2-4-7)5-8(10)11;7-6-4(8)2-1-3-5(6)9;1-3-5-4-2;2-1(3)4/h1-6,16-17,19H,7H2;1-4,9H,5H2,(H,10,11);1-3,8-9H;3-4H2,1-2H3;. The van der Waals surface area contributed by atoms with Crippen molar-refractivity contribution >= 4 is 51.2 Å². The maximum absolute atomic E-state index is 12.1. The first-order valence-electron chi connectivity index (χ1n) is 13.7. The molecule has 260 valence electrons. The second-order valence-electron chi connectivity index (χ2n) is 8.94. The molecule has 4 aromatic carbocycles. The number of carbonyl (C=O) groups is 2. The van der Waals surface area contributed by atoms with Crippen molar-refractivity contribution in [2.45, 2.75) is 26.7 Å². The molecule has 0 radical (unpaired) electrons. The number of carboxylic acids is 1. The normalized spacial score (nSPS) is 9.48. The van der Waals surface area contributed by atoms with Gasteiger partial charge in [0.2, 0.25) is 0 Å². The van der Waals surface area contributed by atoms with Gasteiger partial charge in [0.05, 0.1) is 12.0 Å². The second-order valence-corrected chi connectivity index (χ2v) is 10.5. The summed E-state index contributed by atoms with van der Waals surface area (Å²) in [6.45, 7) is 5.67. The first-order valence-corrected chi connectivity index (χ1v) is 15.3. The summed E-state index contributed by atoms with van der Waals surface area (Å²) in [6.07, 6.45) is 0.103. The fourth-order valence-electron chi connectivity index (χ4n) is 3.17. The minimum absolute atomic E-state index is 0.000278. The van der Waals surface area contributed by atoms with E-state index in [1.165, 1.54) is 48.5 Å². The summed E-state index contributed by atoms with van der Waals surface area (Å²) >= 11 is 5.99. The molecular formula is C32H34BBr2F3O10. The molecule has 0 aliphatic rings. The van der Waals surface area contributed by atoms with Crippen molar-refractivity contribution in [3.8, 4) is 34.5 Å². The number of benzene rings is 4. The van der Waals surface area contributed by atoms with Crippen LogP contribution in [-0.2, 0) is 22.4 Å². The highest BCUT2D eigenvalue weighted by Gasteiger charge is 2.16. The first kappa shape index (κ1) is 43.6. The van der Waals surface area contributed by atoms with Crippen LogP contribution in [0.5, 0.6) is 34.5 Å². The number of Topliss-reactive ketones (excluding diaryl/α,β-unsaturated/α-hetero) is 1. The number of carbonyl (C=O) groups excluding carboxylic acids is 1. The number of hydrogen-bond acceptors (Lipinski definition) is 9. The number of rotatable bonds is 7. The van der Waals surface area contributed by atoms with Gasteiger partial charge in [-0.2, -0.15) is 0 Å². The molecular weight excluding hydrogens is 772 g/mol. The van der Waals surface area contributed by atoms with Gasteiger partial charge >= 0.3 is 13.5 Å². The summed E-state index contributed by atoms with van der Waals surface area (Å²) in [5, 5.41) is 63.3. The fraction of sp³-hybridized carbons (Fsp3) is 0.188. The Hall–Kier alpha value is -4.41. The lowest BCUT2D eigenvalue weighted by Crippen LogP contribution is -2.04. The number of halogens is 5. The van der Waals surface area contributed by atoms with Crippen molar-refractivity contribution in [1.82, 2.24) is 0 Å².